The van der Waals surface area contributed by atoms with Crippen molar-refractivity contribution >= 4 is 11.6 Å². The summed E-state index contributed by atoms with van der Waals surface area (Å²) in [4.78, 5) is 12.1. The Bertz CT molecular complexity index is 878. The Morgan fingerprint density at radius 3 is 2.50 bits per heavy atom. The largest absolute Gasteiger partial charge is 0.483 e. The molecule has 148 valence electrons. The number of rotatable bonds is 7. The van der Waals surface area contributed by atoms with E-state index in [0.717, 1.165) is 12.1 Å². The summed E-state index contributed by atoms with van der Waals surface area (Å²) in [5, 5.41) is 11.5. The standard InChI is InChI=1S/C18H13F5N2O3/c19-17(20)28-15-4-2-1-3-11(15)8-16(26)25-13-5-6-14(12(7-13)9-24)27-10-18(21,22)23/h1-7,17H,8,10H2,(H,25,26). The number of para-hydroxylation sites is 1. The normalized spacial score (nSPS) is 11.0. The smallest absolute Gasteiger partial charge is 0.422 e. The summed E-state index contributed by atoms with van der Waals surface area (Å²) in [6.07, 6.45) is -4.86. The molecule has 2 aromatic carbocycles. The van der Waals surface area contributed by atoms with Crippen molar-refractivity contribution < 1.29 is 36.2 Å². The summed E-state index contributed by atoms with van der Waals surface area (Å²) in [6.45, 7) is -4.61. The predicted octanol–water partition coefficient (Wildman–Crippen LogP) is 4.28. The Labute approximate surface area is 156 Å². The number of hydrogen-bond donors (Lipinski definition) is 1. The van der Waals surface area contributed by atoms with Gasteiger partial charge in [0.05, 0.1) is 12.0 Å². The van der Waals surface area contributed by atoms with Gasteiger partial charge in [0, 0.05) is 11.3 Å². The van der Waals surface area contributed by atoms with Gasteiger partial charge in [-0.05, 0) is 24.3 Å². The molecule has 0 saturated carbocycles. The maximum Gasteiger partial charge on any atom is 0.422 e. The highest BCUT2D eigenvalue weighted by Crippen LogP contribution is 2.25. The Morgan fingerprint density at radius 1 is 1.14 bits per heavy atom. The van der Waals surface area contributed by atoms with Crippen LogP contribution in [-0.4, -0.2) is 25.3 Å². The molecule has 2 aromatic rings. The number of amides is 1. The van der Waals surface area contributed by atoms with Crippen molar-refractivity contribution in [3.8, 4) is 17.6 Å². The van der Waals surface area contributed by atoms with E-state index in [9.17, 15) is 26.7 Å². The maximum atomic E-state index is 12.4. The van der Waals surface area contributed by atoms with Crippen LogP contribution in [0.5, 0.6) is 11.5 Å². The van der Waals surface area contributed by atoms with Crippen molar-refractivity contribution in [3.05, 3.63) is 53.6 Å². The molecule has 0 aromatic heterocycles. The van der Waals surface area contributed by atoms with Crippen LogP contribution in [0.25, 0.3) is 0 Å². The van der Waals surface area contributed by atoms with E-state index in [4.69, 9.17) is 5.26 Å². The van der Waals surface area contributed by atoms with Crippen LogP contribution < -0.4 is 14.8 Å². The van der Waals surface area contributed by atoms with Crippen LogP contribution in [0.1, 0.15) is 11.1 Å². The minimum absolute atomic E-state index is 0.133. The van der Waals surface area contributed by atoms with E-state index in [1.807, 2.05) is 0 Å². The van der Waals surface area contributed by atoms with Crippen LogP contribution in [-0.2, 0) is 11.2 Å². The molecule has 0 bridgehead atoms. The van der Waals surface area contributed by atoms with E-state index < -0.39 is 25.3 Å². The Hall–Kier alpha value is -3.35. The van der Waals surface area contributed by atoms with Gasteiger partial charge < -0.3 is 14.8 Å². The summed E-state index contributed by atoms with van der Waals surface area (Å²) < 4.78 is 70.4. The monoisotopic (exact) mass is 400 g/mol. The van der Waals surface area contributed by atoms with Crippen molar-refractivity contribution in [1.29, 1.82) is 5.26 Å². The lowest BCUT2D eigenvalue weighted by atomic mass is 10.1. The number of anilines is 1. The molecule has 0 radical (unpaired) electrons. The average Bonchev–Trinajstić information content (AvgIpc) is 2.61. The van der Waals surface area contributed by atoms with Gasteiger partial charge in [0.15, 0.2) is 6.61 Å². The van der Waals surface area contributed by atoms with E-state index in [2.05, 4.69) is 14.8 Å². The van der Waals surface area contributed by atoms with Gasteiger partial charge in [-0.15, -0.1) is 0 Å². The zero-order valence-corrected chi connectivity index (χ0v) is 14.1. The maximum absolute atomic E-state index is 12.4. The molecule has 10 heteroatoms. The topological polar surface area (TPSA) is 71.4 Å². The second-order valence-electron chi connectivity index (χ2n) is 5.44. The number of nitrogens with zero attached hydrogens (tertiary/aromatic N) is 1. The molecule has 0 spiro atoms. The summed E-state index contributed by atoms with van der Waals surface area (Å²) in [5.74, 6) is -1.03. The third kappa shape index (κ3) is 6.42. The molecule has 0 aliphatic heterocycles. The van der Waals surface area contributed by atoms with Crippen LogP contribution in [0.4, 0.5) is 27.6 Å². The highest BCUT2D eigenvalue weighted by molar-refractivity contribution is 5.92. The summed E-state index contributed by atoms with van der Waals surface area (Å²) in [5.41, 5.74) is 0.141. The first-order valence-corrected chi connectivity index (χ1v) is 7.74. The first kappa shape index (κ1) is 21.0. The quantitative estimate of drug-likeness (QED) is 0.705. The van der Waals surface area contributed by atoms with Crippen molar-refractivity contribution in [1.82, 2.24) is 0 Å². The minimum atomic E-state index is -4.56. The lowest BCUT2D eigenvalue weighted by Gasteiger charge is -2.13. The fourth-order valence-corrected chi connectivity index (χ4v) is 2.22. The molecular weight excluding hydrogens is 387 g/mol. The second kappa shape index (κ2) is 9.03. The van der Waals surface area contributed by atoms with Gasteiger partial charge >= 0.3 is 12.8 Å². The minimum Gasteiger partial charge on any atom is -0.483 e. The number of nitrogens with one attached hydrogen (secondary N) is 1. The second-order valence-corrected chi connectivity index (χ2v) is 5.44. The summed E-state index contributed by atoms with van der Waals surface area (Å²) in [6, 6.07) is 10.9. The number of nitriles is 1. The van der Waals surface area contributed by atoms with E-state index in [1.54, 1.807) is 12.1 Å². The van der Waals surface area contributed by atoms with Gasteiger partial charge in [0.25, 0.3) is 0 Å². The molecule has 0 saturated heterocycles. The van der Waals surface area contributed by atoms with Gasteiger partial charge in [-0.3, -0.25) is 4.79 Å². The molecule has 0 fully saturated rings. The van der Waals surface area contributed by atoms with Crippen LogP contribution in [0.15, 0.2) is 42.5 Å². The number of halogens is 5. The molecule has 5 nitrogen and oxygen atoms in total. The predicted molar refractivity (Wildman–Crippen MR) is 88.1 cm³/mol. The summed E-state index contributed by atoms with van der Waals surface area (Å²) >= 11 is 0. The molecule has 0 aliphatic carbocycles. The number of ether oxygens (including phenoxy) is 2. The molecular formula is C18H13F5N2O3. The first-order chi connectivity index (χ1) is 13.2. The average molecular weight is 400 g/mol. The lowest BCUT2D eigenvalue weighted by molar-refractivity contribution is -0.153. The van der Waals surface area contributed by atoms with Gasteiger partial charge in [-0.25, -0.2) is 0 Å². The molecule has 0 aliphatic rings. The van der Waals surface area contributed by atoms with E-state index in [1.165, 1.54) is 24.3 Å². The van der Waals surface area contributed by atoms with E-state index in [0.29, 0.717) is 0 Å². The van der Waals surface area contributed by atoms with Crippen LogP contribution >= 0.6 is 0 Å². The third-order valence-corrected chi connectivity index (χ3v) is 3.31. The van der Waals surface area contributed by atoms with Crippen molar-refractivity contribution in [2.75, 3.05) is 11.9 Å². The fourth-order valence-electron chi connectivity index (χ4n) is 2.22. The fraction of sp³-hybridized carbons (Fsp3) is 0.222. The zero-order chi connectivity index (χ0) is 20.7. The van der Waals surface area contributed by atoms with Crippen LogP contribution in [0.2, 0.25) is 0 Å². The van der Waals surface area contributed by atoms with Crippen LogP contribution in [0, 0.1) is 11.3 Å². The van der Waals surface area contributed by atoms with Crippen molar-refractivity contribution in [2.45, 2.75) is 19.2 Å². The summed E-state index contributed by atoms with van der Waals surface area (Å²) in [7, 11) is 0. The molecule has 0 atom stereocenters. The number of hydrogen-bond acceptors (Lipinski definition) is 4. The molecule has 1 N–H and O–H groups in total. The van der Waals surface area contributed by atoms with E-state index >= 15 is 0 Å². The van der Waals surface area contributed by atoms with Crippen molar-refractivity contribution in [2.24, 2.45) is 0 Å². The van der Waals surface area contributed by atoms with E-state index in [-0.39, 0.29) is 34.7 Å². The van der Waals surface area contributed by atoms with Gasteiger partial charge in [0.1, 0.15) is 17.6 Å². The highest BCUT2D eigenvalue weighted by atomic mass is 19.4. The van der Waals surface area contributed by atoms with Crippen LogP contribution in [0.3, 0.4) is 0 Å². The van der Waals surface area contributed by atoms with Gasteiger partial charge in [0.2, 0.25) is 5.91 Å². The Kier molecular flexibility index (Phi) is 6.76. The number of carbonyl (C=O) groups excluding carboxylic acids is 1. The molecule has 1 amide bonds. The van der Waals surface area contributed by atoms with Crippen molar-refractivity contribution in [3.63, 3.8) is 0 Å². The van der Waals surface area contributed by atoms with Gasteiger partial charge in [-0.1, -0.05) is 18.2 Å². The Morgan fingerprint density at radius 2 is 1.86 bits per heavy atom. The third-order valence-electron chi connectivity index (χ3n) is 3.31. The molecule has 2 rings (SSSR count). The first-order valence-electron chi connectivity index (χ1n) is 7.74. The highest BCUT2D eigenvalue weighted by Gasteiger charge is 2.28. The van der Waals surface area contributed by atoms with Gasteiger partial charge in [-0.2, -0.15) is 27.2 Å². The molecule has 0 unspecified atom stereocenters. The molecule has 0 heterocycles. The Balaban J connectivity index is 2.08. The SMILES string of the molecule is N#Cc1cc(NC(=O)Cc2ccccc2OC(F)F)ccc1OCC(F)(F)F. The lowest BCUT2D eigenvalue weighted by Crippen LogP contribution is -2.19. The zero-order valence-electron chi connectivity index (χ0n) is 14.1. The number of carbonyl (C=O) groups is 1. The number of benzene rings is 2. The number of alkyl halides is 5. The molecule has 28 heavy (non-hydrogen) atoms.